The number of carbonyl (C=O) groups is 1. The van der Waals surface area contributed by atoms with Gasteiger partial charge in [-0.25, -0.2) is 0 Å². The molecule has 0 aliphatic carbocycles. The van der Waals surface area contributed by atoms with Gasteiger partial charge in [-0.3, -0.25) is 4.79 Å². The number of rotatable bonds is 7. The number of benzene rings is 1. The van der Waals surface area contributed by atoms with Crippen molar-refractivity contribution in [3.63, 3.8) is 0 Å². The van der Waals surface area contributed by atoms with Crippen LogP contribution in [0.3, 0.4) is 0 Å². The van der Waals surface area contributed by atoms with Crippen LogP contribution in [0.4, 0.5) is 5.69 Å². The zero-order valence-electron chi connectivity index (χ0n) is 14.0. The van der Waals surface area contributed by atoms with Crippen molar-refractivity contribution in [3.8, 4) is 5.75 Å². The van der Waals surface area contributed by atoms with Crippen LogP contribution in [0, 0.1) is 0 Å². The van der Waals surface area contributed by atoms with Gasteiger partial charge >= 0.3 is 0 Å². The molecule has 0 spiro atoms. The van der Waals surface area contributed by atoms with Gasteiger partial charge in [0.1, 0.15) is 5.75 Å². The molecule has 2 rings (SSSR count). The summed E-state index contributed by atoms with van der Waals surface area (Å²) >= 11 is 0. The Morgan fingerprint density at radius 1 is 1.32 bits per heavy atom. The van der Waals surface area contributed by atoms with Crippen molar-refractivity contribution in [2.24, 2.45) is 0 Å². The van der Waals surface area contributed by atoms with Gasteiger partial charge in [-0.1, -0.05) is 39.3 Å². The fourth-order valence-electron chi connectivity index (χ4n) is 2.79. The topological polar surface area (TPSA) is 41.6 Å². The van der Waals surface area contributed by atoms with E-state index in [9.17, 15) is 4.79 Å². The normalized spacial score (nSPS) is 17.1. The number of unbranched alkanes of at least 4 members (excludes halogenated alkanes) is 1. The first-order chi connectivity index (χ1) is 10.7. The Morgan fingerprint density at radius 3 is 2.73 bits per heavy atom. The van der Waals surface area contributed by atoms with Crippen molar-refractivity contribution in [1.82, 2.24) is 5.32 Å². The van der Waals surface area contributed by atoms with E-state index >= 15 is 0 Å². The third kappa shape index (κ3) is 3.93. The highest BCUT2D eigenvalue weighted by Gasteiger charge is 2.30. The van der Waals surface area contributed by atoms with Gasteiger partial charge < -0.3 is 15.0 Å². The lowest BCUT2D eigenvalue weighted by Gasteiger charge is -2.36. The molecule has 0 saturated carbocycles. The van der Waals surface area contributed by atoms with E-state index in [0.29, 0.717) is 6.54 Å². The summed E-state index contributed by atoms with van der Waals surface area (Å²) in [6.45, 7) is 7.97. The van der Waals surface area contributed by atoms with E-state index in [1.807, 2.05) is 18.2 Å². The second kappa shape index (κ2) is 8.06. The predicted octanol–water partition coefficient (Wildman–Crippen LogP) is 3.36. The summed E-state index contributed by atoms with van der Waals surface area (Å²) in [5, 5.41) is 3.10. The van der Waals surface area contributed by atoms with Gasteiger partial charge in [0.2, 0.25) is 0 Å². The lowest BCUT2D eigenvalue weighted by atomic mass is 10.1. The molecule has 1 unspecified atom stereocenters. The van der Waals surface area contributed by atoms with E-state index in [1.165, 1.54) is 0 Å². The van der Waals surface area contributed by atoms with Gasteiger partial charge in [0.25, 0.3) is 5.91 Å². The molecule has 1 aromatic rings. The van der Waals surface area contributed by atoms with Crippen molar-refractivity contribution in [2.45, 2.75) is 58.6 Å². The number of fused-ring (bicyclic) bond motifs is 1. The lowest BCUT2D eigenvalue weighted by Crippen LogP contribution is -2.51. The lowest BCUT2D eigenvalue weighted by molar-refractivity contribution is -0.128. The summed E-state index contributed by atoms with van der Waals surface area (Å²) in [5.74, 6) is 0.819. The maximum atomic E-state index is 12.5. The predicted molar refractivity (Wildman–Crippen MR) is 90.5 cm³/mol. The molecule has 1 heterocycles. The molecule has 1 atom stereocenters. The van der Waals surface area contributed by atoms with E-state index in [0.717, 1.165) is 43.7 Å². The number of amides is 1. The highest BCUT2D eigenvalue weighted by atomic mass is 16.5. The fraction of sp³-hybridized carbons (Fsp3) is 0.611. The average molecular weight is 304 g/mol. The second-order valence-corrected chi connectivity index (χ2v) is 5.90. The van der Waals surface area contributed by atoms with Gasteiger partial charge in [-0.2, -0.15) is 0 Å². The van der Waals surface area contributed by atoms with E-state index in [1.54, 1.807) is 0 Å². The number of carbonyl (C=O) groups excluding carboxylic acids is 1. The molecule has 4 heteroatoms. The number of nitrogens with zero attached hydrogens (tertiary/aromatic N) is 1. The monoisotopic (exact) mass is 304 g/mol. The molecule has 122 valence electrons. The molecule has 1 amide bonds. The first kappa shape index (κ1) is 16.7. The summed E-state index contributed by atoms with van der Waals surface area (Å²) in [5.41, 5.74) is 1.10. The maximum absolute atomic E-state index is 12.5. The van der Waals surface area contributed by atoms with Crippen LogP contribution < -0.4 is 15.0 Å². The summed E-state index contributed by atoms with van der Waals surface area (Å²) < 4.78 is 5.94. The van der Waals surface area contributed by atoms with Gasteiger partial charge in [0, 0.05) is 12.6 Å². The number of hydrogen-bond acceptors (Lipinski definition) is 3. The second-order valence-electron chi connectivity index (χ2n) is 5.90. The average Bonchev–Trinajstić information content (AvgIpc) is 2.56. The standard InChI is InChI=1S/C18H28N2O2/c1-4-7-12-20-13-17(18(21)19-14(5-2)6-3)22-16-11-9-8-10-15(16)20/h8-11,14,17H,4-7,12-13H2,1-3H3,(H,19,21). The van der Waals surface area contributed by atoms with E-state index in [4.69, 9.17) is 4.74 Å². The zero-order chi connectivity index (χ0) is 15.9. The molecule has 0 saturated heterocycles. The number of hydrogen-bond donors (Lipinski definition) is 1. The van der Waals surface area contributed by atoms with Crippen molar-refractivity contribution in [1.29, 1.82) is 0 Å². The SMILES string of the molecule is CCCCN1CC(C(=O)NC(CC)CC)Oc2ccccc21. The molecular formula is C18H28N2O2. The Morgan fingerprint density at radius 2 is 2.05 bits per heavy atom. The van der Waals surface area contributed by atoms with Gasteiger partial charge in [-0.15, -0.1) is 0 Å². The molecule has 1 N–H and O–H groups in total. The molecule has 4 nitrogen and oxygen atoms in total. The van der Waals surface area contributed by atoms with Crippen molar-refractivity contribution in [3.05, 3.63) is 24.3 Å². The van der Waals surface area contributed by atoms with Gasteiger partial charge in [0.15, 0.2) is 6.10 Å². The van der Waals surface area contributed by atoms with E-state index in [2.05, 4.69) is 37.1 Å². The van der Waals surface area contributed by atoms with Gasteiger partial charge in [0.05, 0.1) is 12.2 Å². The number of para-hydroxylation sites is 2. The smallest absolute Gasteiger partial charge is 0.263 e. The van der Waals surface area contributed by atoms with Crippen molar-refractivity contribution < 1.29 is 9.53 Å². The number of ether oxygens (including phenoxy) is 1. The largest absolute Gasteiger partial charge is 0.477 e. The third-order valence-corrected chi connectivity index (χ3v) is 4.27. The highest BCUT2D eigenvalue weighted by molar-refractivity contribution is 5.83. The zero-order valence-corrected chi connectivity index (χ0v) is 14.0. The molecule has 0 bridgehead atoms. The molecule has 1 aliphatic rings. The summed E-state index contributed by atoms with van der Waals surface area (Å²) in [6, 6.07) is 8.23. The summed E-state index contributed by atoms with van der Waals surface area (Å²) in [4.78, 5) is 14.8. The first-order valence-corrected chi connectivity index (χ1v) is 8.50. The minimum absolute atomic E-state index is 0.00435. The van der Waals surface area contributed by atoms with E-state index in [-0.39, 0.29) is 11.9 Å². The van der Waals surface area contributed by atoms with Crippen LogP contribution in [-0.4, -0.2) is 31.1 Å². The molecule has 0 radical (unpaired) electrons. The van der Waals surface area contributed by atoms with Crippen LogP contribution in [0.5, 0.6) is 5.75 Å². The number of nitrogens with one attached hydrogen (secondary N) is 1. The van der Waals surface area contributed by atoms with Crippen molar-refractivity contribution >= 4 is 11.6 Å². The Bertz CT molecular complexity index is 486. The molecular weight excluding hydrogens is 276 g/mol. The number of anilines is 1. The molecule has 1 aromatic carbocycles. The Balaban J connectivity index is 2.10. The van der Waals surface area contributed by atoms with Gasteiger partial charge in [-0.05, 0) is 31.4 Å². The maximum Gasteiger partial charge on any atom is 0.263 e. The Kier molecular flexibility index (Phi) is 6.10. The van der Waals surface area contributed by atoms with E-state index < -0.39 is 6.10 Å². The van der Waals surface area contributed by atoms with Crippen LogP contribution >= 0.6 is 0 Å². The minimum Gasteiger partial charge on any atom is -0.477 e. The Labute approximate surface area is 133 Å². The van der Waals surface area contributed by atoms with Crippen molar-refractivity contribution in [2.75, 3.05) is 18.0 Å². The minimum atomic E-state index is -0.424. The van der Waals surface area contributed by atoms with Crippen LogP contribution in [0.15, 0.2) is 24.3 Å². The van der Waals surface area contributed by atoms with Crippen LogP contribution in [0.25, 0.3) is 0 Å². The first-order valence-electron chi connectivity index (χ1n) is 8.50. The van der Waals surface area contributed by atoms with Crippen LogP contribution in [0.1, 0.15) is 46.5 Å². The molecule has 22 heavy (non-hydrogen) atoms. The summed E-state index contributed by atoms with van der Waals surface area (Å²) in [6.07, 6.45) is 3.74. The Hall–Kier alpha value is -1.71. The fourth-order valence-corrected chi connectivity index (χ4v) is 2.79. The quantitative estimate of drug-likeness (QED) is 0.840. The molecule has 0 aromatic heterocycles. The molecule has 1 aliphatic heterocycles. The third-order valence-electron chi connectivity index (χ3n) is 4.27. The molecule has 0 fully saturated rings. The van der Waals surface area contributed by atoms with Crippen LogP contribution in [-0.2, 0) is 4.79 Å². The highest BCUT2D eigenvalue weighted by Crippen LogP contribution is 2.33. The van der Waals surface area contributed by atoms with Crippen LogP contribution in [0.2, 0.25) is 0 Å². The summed E-state index contributed by atoms with van der Waals surface area (Å²) in [7, 11) is 0.